The van der Waals surface area contributed by atoms with Gasteiger partial charge in [-0.25, -0.2) is 9.78 Å². The zero-order chi connectivity index (χ0) is 22.7. The third-order valence-electron chi connectivity index (χ3n) is 7.21. The predicted molar refractivity (Wildman–Crippen MR) is 117 cm³/mol. The van der Waals surface area contributed by atoms with Crippen LogP contribution in [0.3, 0.4) is 0 Å². The maximum atomic E-state index is 13.0. The average Bonchev–Trinajstić information content (AvgIpc) is 3.04. The van der Waals surface area contributed by atoms with E-state index in [2.05, 4.69) is 22.5 Å². The van der Waals surface area contributed by atoms with Crippen molar-refractivity contribution < 1.29 is 19.2 Å². The number of piperidine rings is 1. The molecule has 9 heteroatoms. The second kappa shape index (κ2) is 9.26. The van der Waals surface area contributed by atoms with Gasteiger partial charge in [0.15, 0.2) is 0 Å². The van der Waals surface area contributed by atoms with Crippen LogP contribution in [0.15, 0.2) is 24.4 Å². The first-order valence-corrected chi connectivity index (χ1v) is 11.6. The molecule has 0 bridgehead atoms. The van der Waals surface area contributed by atoms with Crippen molar-refractivity contribution in [2.45, 2.75) is 57.4 Å². The van der Waals surface area contributed by atoms with Gasteiger partial charge in [-0.2, -0.15) is 0 Å². The molecule has 1 saturated carbocycles. The Hall–Kier alpha value is -2.97. The van der Waals surface area contributed by atoms with E-state index in [1.165, 1.54) is 0 Å². The molecule has 0 radical (unpaired) electrons. The van der Waals surface area contributed by atoms with E-state index in [4.69, 9.17) is 0 Å². The summed E-state index contributed by atoms with van der Waals surface area (Å²) < 4.78 is 0. The highest BCUT2D eigenvalue weighted by molar-refractivity contribution is 6.09. The summed E-state index contributed by atoms with van der Waals surface area (Å²) in [5, 5.41) is 5.68. The minimum atomic E-state index is -0.834. The first kappa shape index (κ1) is 22.2. The molecule has 1 spiro atoms. The van der Waals surface area contributed by atoms with E-state index in [0.717, 1.165) is 24.2 Å². The molecule has 1 aliphatic carbocycles. The highest BCUT2D eigenvalue weighted by Gasteiger charge is 2.52. The molecule has 1 aromatic heterocycles. The molecule has 4 rings (SSSR count). The number of pyridine rings is 1. The average molecular weight is 442 g/mol. The summed E-state index contributed by atoms with van der Waals surface area (Å²) in [6, 6.07) is 4.85. The number of nitrogens with one attached hydrogen (secondary N) is 2. The number of likely N-dealkylation sites (tertiary alicyclic amines) is 1. The Bertz CT molecular complexity index is 874. The van der Waals surface area contributed by atoms with Crippen LogP contribution in [0.5, 0.6) is 0 Å². The third-order valence-corrected chi connectivity index (χ3v) is 7.21. The Kier molecular flexibility index (Phi) is 6.43. The van der Waals surface area contributed by atoms with Crippen LogP contribution in [0.25, 0.3) is 0 Å². The van der Waals surface area contributed by atoms with Gasteiger partial charge in [-0.1, -0.05) is 19.4 Å². The number of hydrogen-bond acceptors (Lipinski definition) is 5. The SMILES string of the molecule is CCC1CCC2(CC1)NC(=O)N(CC(=O)N1CCC(C(=O)Nc3ccccn3)CC1)C2=O. The van der Waals surface area contributed by atoms with Crippen molar-refractivity contribution in [1.29, 1.82) is 0 Å². The van der Waals surface area contributed by atoms with Crippen molar-refractivity contribution in [1.82, 2.24) is 20.1 Å². The largest absolute Gasteiger partial charge is 0.341 e. The quantitative estimate of drug-likeness (QED) is 0.680. The molecule has 1 aromatic rings. The molecule has 2 saturated heterocycles. The lowest BCUT2D eigenvalue weighted by Crippen LogP contribution is -2.50. The van der Waals surface area contributed by atoms with Gasteiger partial charge >= 0.3 is 6.03 Å². The Morgan fingerprint density at radius 1 is 1.16 bits per heavy atom. The van der Waals surface area contributed by atoms with Gasteiger partial charge in [-0.05, 0) is 56.6 Å². The minimum Gasteiger partial charge on any atom is -0.341 e. The van der Waals surface area contributed by atoms with Gasteiger partial charge < -0.3 is 15.5 Å². The number of hydrogen-bond donors (Lipinski definition) is 2. The van der Waals surface area contributed by atoms with Gasteiger partial charge in [-0.3, -0.25) is 19.3 Å². The van der Waals surface area contributed by atoms with E-state index < -0.39 is 11.6 Å². The Balaban J connectivity index is 1.28. The number of amides is 5. The fraction of sp³-hybridized carbons (Fsp3) is 0.609. The first-order valence-electron chi connectivity index (χ1n) is 11.6. The lowest BCUT2D eigenvalue weighted by Gasteiger charge is -2.35. The van der Waals surface area contributed by atoms with Crippen molar-refractivity contribution >= 4 is 29.6 Å². The second-order valence-electron chi connectivity index (χ2n) is 9.11. The molecular formula is C23H31N5O4. The summed E-state index contributed by atoms with van der Waals surface area (Å²) in [4.78, 5) is 57.7. The van der Waals surface area contributed by atoms with Crippen molar-refractivity contribution in [3.8, 4) is 0 Å². The molecular weight excluding hydrogens is 410 g/mol. The predicted octanol–water partition coefficient (Wildman–Crippen LogP) is 2.15. The normalized spacial score (nSPS) is 26.3. The molecule has 0 atom stereocenters. The van der Waals surface area contributed by atoms with Crippen LogP contribution < -0.4 is 10.6 Å². The van der Waals surface area contributed by atoms with E-state index in [1.54, 1.807) is 29.3 Å². The topological polar surface area (TPSA) is 112 Å². The van der Waals surface area contributed by atoms with E-state index in [1.807, 2.05) is 0 Å². The zero-order valence-corrected chi connectivity index (χ0v) is 18.5. The summed E-state index contributed by atoms with van der Waals surface area (Å²) in [6.07, 6.45) is 6.87. The van der Waals surface area contributed by atoms with Crippen molar-refractivity contribution in [2.24, 2.45) is 11.8 Å². The molecule has 2 N–H and O–H groups in total. The van der Waals surface area contributed by atoms with Gasteiger partial charge in [0.05, 0.1) is 0 Å². The summed E-state index contributed by atoms with van der Waals surface area (Å²) in [7, 11) is 0. The van der Waals surface area contributed by atoms with Crippen molar-refractivity contribution in [3.63, 3.8) is 0 Å². The molecule has 172 valence electrons. The van der Waals surface area contributed by atoms with Gasteiger partial charge in [-0.15, -0.1) is 0 Å². The molecule has 5 amide bonds. The number of carbonyl (C=O) groups is 4. The van der Waals surface area contributed by atoms with E-state index >= 15 is 0 Å². The van der Waals surface area contributed by atoms with Gasteiger partial charge in [0, 0.05) is 25.2 Å². The number of carbonyl (C=O) groups excluding carboxylic acids is 4. The lowest BCUT2D eigenvalue weighted by atomic mass is 9.75. The number of urea groups is 1. The van der Waals surface area contributed by atoms with Crippen LogP contribution in [-0.2, 0) is 14.4 Å². The summed E-state index contributed by atoms with van der Waals surface area (Å²) in [5.41, 5.74) is -0.834. The van der Waals surface area contributed by atoms with E-state index in [-0.39, 0.29) is 30.2 Å². The summed E-state index contributed by atoms with van der Waals surface area (Å²) >= 11 is 0. The molecule has 0 unspecified atom stereocenters. The molecule has 3 fully saturated rings. The Morgan fingerprint density at radius 3 is 2.50 bits per heavy atom. The zero-order valence-electron chi connectivity index (χ0n) is 18.5. The highest BCUT2D eigenvalue weighted by atomic mass is 16.2. The van der Waals surface area contributed by atoms with E-state index in [9.17, 15) is 19.2 Å². The maximum absolute atomic E-state index is 13.0. The molecule has 3 aliphatic rings. The number of aromatic nitrogens is 1. The van der Waals surface area contributed by atoms with Crippen LogP contribution in [0.2, 0.25) is 0 Å². The molecule has 3 heterocycles. The standard InChI is InChI=1S/C23H31N5O4/c1-2-16-6-10-23(11-7-16)21(31)28(22(32)26-23)15-19(29)27-13-8-17(9-14-27)20(30)25-18-5-3-4-12-24-18/h3-5,12,16-17H,2,6-11,13-15H2,1H3,(H,26,32)(H,24,25,30). The Labute approximate surface area is 187 Å². The van der Waals surface area contributed by atoms with Crippen molar-refractivity contribution in [3.05, 3.63) is 24.4 Å². The van der Waals surface area contributed by atoms with Crippen molar-refractivity contribution in [2.75, 3.05) is 25.0 Å². The molecule has 9 nitrogen and oxygen atoms in total. The number of anilines is 1. The molecule has 2 aliphatic heterocycles. The highest BCUT2D eigenvalue weighted by Crippen LogP contribution is 2.37. The second-order valence-corrected chi connectivity index (χ2v) is 9.11. The lowest BCUT2D eigenvalue weighted by molar-refractivity contribution is -0.140. The van der Waals surface area contributed by atoms with Crippen LogP contribution in [0.4, 0.5) is 10.6 Å². The summed E-state index contributed by atoms with van der Waals surface area (Å²) in [6.45, 7) is 2.75. The summed E-state index contributed by atoms with van der Waals surface area (Å²) in [5.74, 6) is 0.282. The molecule has 0 aromatic carbocycles. The van der Waals surface area contributed by atoms with Crippen LogP contribution in [0, 0.1) is 11.8 Å². The fourth-order valence-electron chi connectivity index (χ4n) is 5.03. The maximum Gasteiger partial charge on any atom is 0.325 e. The van der Waals surface area contributed by atoms with Gasteiger partial charge in [0.2, 0.25) is 11.8 Å². The number of rotatable bonds is 5. The van der Waals surface area contributed by atoms with Crippen LogP contribution in [0.1, 0.15) is 51.9 Å². The van der Waals surface area contributed by atoms with Crippen LogP contribution >= 0.6 is 0 Å². The number of imide groups is 1. The van der Waals surface area contributed by atoms with E-state index in [0.29, 0.717) is 50.5 Å². The fourth-order valence-corrected chi connectivity index (χ4v) is 5.03. The monoisotopic (exact) mass is 441 g/mol. The van der Waals surface area contributed by atoms with Crippen LogP contribution in [-0.4, -0.2) is 63.7 Å². The molecule has 32 heavy (non-hydrogen) atoms. The smallest absolute Gasteiger partial charge is 0.325 e. The minimum absolute atomic E-state index is 0.102. The van der Waals surface area contributed by atoms with Gasteiger partial charge in [0.25, 0.3) is 5.91 Å². The number of nitrogens with zero attached hydrogens (tertiary/aromatic N) is 3. The van der Waals surface area contributed by atoms with Gasteiger partial charge in [0.1, 0.15) is 17.9 Å². The first-order chi connectivity index (χ1) is 15.4. The Morgan fingerprint density at radius 2 is 1.88 bits per heavy atom. The third kappa shape index (κ3) is 4.47.